The van der Waals surface area contributed by atoms with Gasteiger partial charge in [-0.3, -0.25) is 14.5 Å². The maximum Gasteiger partial charge on any atom is 0.297 e. The standard InChI is InChI=1S/C24H14FN3O3S/c1-12-26-27-24(32-12)28-19(14-6-9-15(25)10-7-14)18-20(29)17-11-8-13-4-2-3-5-16(13)21(17)31-22(18)23(28)30/h2-11,19H,1H3. The number of aromatic nitrogens is 2. The van der Waals surface area contributed by atoms with Crippen molar-refractivity contribution in [2.24, 2.45) is 0 Å². The van der Waals surface area contributed by atoms with Gasteiger partial charge in [-0.2, -0.15) is 0 Å². The van der Waals surface area contributed by atoms with Crippen molar-refractivity contribution in [1.29, 1.82) is 0 Å². The lowest BCUT2D eigenvalue weighted by molar-refractivity contribution is 0.0971. The number of halogens is 1. The van der Waals surface area contributed by atoms with Crippen molar-refractivity contribution in [3.05, 3.63) is 98.6 Å². The molecule has 8 heteroatoms. The first kappa shape index (κ1) is 18.8. The molecular formula is C24H14FN3O3S. The number of rotatable bonds is 2. The summed E-state index contributed by atoms with van der Waals surface area (Å²) in [6.07, 6.45) is 0. The topological polar surface area (TPSA) is 76.3 Å². The minimum Gasteiger partial charge on any atom is -0.450 e. The fraction of sp³-hybridized carbons (Fsp3) is 0.0833. The molecule has 156 valence electrons. The predicted molar refractivity (Wildman–Crippen MR) is 120 cm³/mol. The number of carbonyl (C=O) groups excluding carboxylic acids is 1. The van der Waals surface area contributed by atoms with Crippen molar-refractivity contribution in [2.75, 3.05) is 4.90 Å². The highest BCUT2D eigenvalue weighted by molar-refractivity contribution is 7.15. The van der Waals surface area contributed by atoms with E-state index in [-0.39, 0.29) is 16.8 Å². The van der Waals surface area contributed by atoms with E-state index in [0.717, 1.165) is 10.8 Å². The van der Waals surface area contributed by atoms with Crippen LogP contribution in [-0.4, -0.2) is 16.1 Å². The van der Waals surface area contributed by atoms with E-state index < -0.39 is 17.8 Å². The Kier molecular flexibility index (Phi) is 4.00. The van der Waals surface area contributed by atoms with Gasteiger partial charge in [0.25, 0.3) is 5.91 Å². The number of hydrogen-bond donors (Lipinski definition) is 0. The summed E-state index contributed by atoms with van der Waals surface area (Å²) in [5.41, 5.74) is 0.878. The highest BCUT2D eigenvalue weighted by Crippen LogP contribution is 2.42. The molecule has 1 amide bonds. The number of amides is 1. The van der Waals surface area contributed by atoms with E-state index in [4.69, 9.17) is 4.42 Å². The van der Waals surface area contributed by atoms with Crippen LogP contribution in [-0.2, 0) is 0 Å². The molecule has 0 bridgehead atoms. The van der Waals surface area contributed by atoms with Gasteiger partial charge in [-0.15, -0.1) is 10.2 Å². The van der Waals surface area contributed by atoms with Crippen LogP contribution < -0.4 is 10.3 Å². The normalized spacial score (nSPS) is 15.6. The van der Waals surface area contributed by atoms with Gasteiger partial charge in [0.05, 0.1) is 17.0 Å². The van der Waals surface area contributed by atoms with Gasteiger partial charge in [0.2, 0.25) is 10.9 Å². The van der Waals surface area contributed by atoms with E-state index >= 15 is 0 Å². The molecule has 32 heavy (non-hydrogen) atoms. The number of hydrogen-bond acceptors (Lipinski definition) is 6. The minimum atomic E-state index is -0.794. The van der Waals surface area contributed by atoms with Gasteiger partial charge in [0.15, 0.2) is 5.43 Å². The number of nitrogens with zero attached hydrogens (tertiary/aromatic N) is 3. The Morgan fingerprint density at radius 3 is 2.50 bits per heavy atom. The van der Waals surface area contributed by atoms with Crippen LogP contribution in [0.5, 0.6) is 0 Å². The van der Waals surface area contributed by atoms with Gasteiger partial charge < -0.3 is 4.42 Å². The summed E-state index contributed by atoms with van der Waals surface area (Å²) in [6.45, 7) is 1.78. The summed E-state index contributed by atoms with van der Waals surface area (Å²) in [4.78, 5) is 28.7. The summed E-state index contributed by atoms with van der Waals surface area (Å²) in [7, 11) is 0. The Morgan fingerprint density at radius 2 is 1.75 bits per heavy atom. The smallest absolute Gasteiger partial charge is 0.297 e. The fourth-order valence-electron chi connectivity index (χ4n) is 4.24. The molecule has 6 rings (SSSR count). The molecule has 0 saturated heterocycles. The molecule has 0 aliphatic carbocycles. The first-order valence-electron chi connectivity index (χ1n) is 9.90. The molecule has 0 radical (unpaired) electrons. The van der Waals surface area contributed by atoms with Gasteiger partial charge in [0.1, 0.15) is 16.4 Å². The van der Waals surface area contributed by atoms with Crippen molar-refractivity contribution < 1.29 is 13.6 Å². The maximum absolute atomic E-state index is 13.7. The molecule has 5 aromatic rings. The van der Waals surface area contributed by atoms with Crippen LogP contribution in [0.4, 0.5) is 9.52 Å². The van der Waals surface area contributed by atoms with Gasteiger partial charge >= 0.3 is 0 Å². The lowest BCUT2D eigenvalue weighted by Crippen LogP contribution is -2.29. The fourth-order valence-corrected chi connectivity index (χ4v) is 4.96. The average molecular weight is 443 g/mol. The Bertz CT molecular complexity index is 1610. The summed E-state index contributed by atoms with van der Waals surface area (Å²) in [5, 5.41) is 11.2. The molecule has 0 N–H and O–H groups in total. The molecular weight excluding hydrogens is 429 g/mol. The number of anilines is 1. The molecule has 1 aliphatic rings. The zero-order chi connectivity index (χ0) is 22.0. The quantitative estimate of drug-likeness (QED) is 0.359. The Balaban J connectivity index is 1.69. The van der Waals surface area contributed by atoms with E-state index in [1.165, 1.54) is 28.4 Å². The van der Waals surface area contributed by atoms with Crippen LogP contribution in [0.1, 0.15) is 32.7 Å². The molecule has 1 aliphatic heterocycles. The van der Waals surface area contributed by atoms with E-state index in [1.807, 2.05) is 30.3 Å². The number of fused-ring (bicyclic) bond motifs is 4. The van der Waals surface area contributed by atoms with Gasteiger partial charge in [0, 0.05) is 5.39 Å². The molecule has 6 nitrogen and oxygen atoms in total. The first-order chi connectivity index (χ1) is 15.5. The molecule has 1 unspecified atom stereocenters. The zero-order valence-electron chi connectivity index (χ0n) is 16.7. The van der Waals surface area contributed by atoms with E-state index in [1.54, 1.807) is 25.1 Å². The van der Waals surface area contributed by atoms with E-state index in [9.17, 15) is 14.0 Å². The van der Waals surface area contributed by atoms with Crippen LogP contribution in [0.15, 0.2) is 69.9 Å². The molecule has 3 aromatic carbocycles. The van der Waals surface area contributed by atoms with Gasteiger partial charge in [-0.05, 0) is 36.1 Å². The third-order valence-electron chi connectivity index (χ3n) is 5.67. The summed E-state index contributed by atoms with van der Waals surface area (Å²) < 4.78 is 19.8. The minimum absolute atomic E-state index is 0.0268. The Hall–Kier alpha value is -3.91. The molecule has 0 saturated carbocycles. The second kappa shape index (κ2) is 6.80. The van der Waals surface area contributed by atoms with Crippen molar-refractivity contribution in [3.63, 3.8) is 0 Å². The monoisotopic (exact) mass is 443 g/mol. The van der Waals surface area contributed by atoms with Crippen molar-refractivity contribution in [3.8, 4) is 0 Å². The molecule has 3 heterocycles. The SMILES string of the molecule is Cc1nnc(N2C(=O)c3oc4c(ccc5ccccc54)c(=O)c3C2c2ccc(F)cc2)s1. The predicted octanol–water partition coefficient (Wildman–Crippen LogP) is 5.00. The maximum atomic E-state index is 13.7. The third-order valence-corrected chi connectivity index (χ3v) is 6.51. The molecule has 2 aromatic heterocycles. The Labute approximate surface area is 184 Å². The van der Waals surface area contributed by atoms with Crippen molar-refractivity contribution >= 4 is 44.1 Å². The Morgan fingerprint density at radius 1 is 0.969 bits per heavy atom. The van der Waals surface area contributed by atoms with Gasteiger partial charge in [-0.1, -0.05) is 53.8 Å². The van der Waals surface area contributed by atoms with Crippen LogP contribution in [0.2, 0.25) is 0 Å². The zero-order valence-corrected chi connectivity index (χ0v) is 17.5. The number of benzene rings is 3. The van der Waals surface area contributed by atoms with Crippen LogP contribution in [0.25, 0.3) is 21.7 Å². The number of aryl methyl sites for hydroxylation is 1. The number of carbonyl (C=O) groups is 1. The molecule has 0 spiro atoms. The van der Waals surface area contributed by atoms with Crippen molar-refractivity contribution in [1.82, 2.24) is 10.2 Å². The highest BCUT2D eigenvalue weighted by Gasteiger charge is 2.45. The summed E-state index contributed by atoms with van der Waals surface area (Å²) >= 11 is 1.24. The van der Waals surface area contributed by atoms with E-state index in [2.05, 4.69) is 10.2 Å². The largest absolute Gasteiger partial charge is 0.450 e. The highest BCUT2D eigenvalue weighted by atomic mass is 32.1. The molecule has 0 fully saturated rings. The first-order valence-corrected chi connectivity index (χ1v) is 10.7. The lowest BCUT2D eigenvalue weighted by atomic mass is 9.98. The summed E-state index contributed by atoms with van der Waals surface area (Å²) in [5.74, 6) is -0.910. The lowest BCUT2D eigenvalue weighted by Gasteiger charge is -2.22. The second-order valence-corrected chi connectivity index (χ2v) is 8.73. The van der Waals surface area contributed by atoms with Crippen LogP contribution in [0.3, 0.4) is 0 Å². The second-order valence-electron chi connectivity index (χ2n) is 7.57. The molecule has 1 atom stereocenters. The summed E-state index contributed by atoms with van der Waals surface area (Å²) in [6, 6.07) is 16.0. The van der Waals surface area contributed by atoms with Crippen LogP contribution in [0, 0.1) is 12.7 Å². The average Bonchev–Trinajstić information content (AvgIpc) is 3.35. The van der Waals surface area contributed by atoms with Crippen molar-refractivity contribution in [2.45, 2.75) is 13.0 Å². The van der Waals surface area contributed by atoms with Gasteiger partial charge in [-0.25, -0.2) is 4.39 Å². The van der Waals surface area contributed by atoms with E-state index in [0.29, 0.717) is 26.7 Å². The van der Waals surface area contributed by atoms with Crippen LogP contribution >= 0.6 is 11.3 Å². The third kappa shape index (κ3) is 2.63.